The van der Waals surface area contributed by atoms with Gasteiger partial charge in [-0.25, -0.2) is 9.97 Å². The number of pyridine rings is 1. The lowest BCUT2D eigenvalue weighted by Gasteiger charge is -2.31. The minimum absolute atomic E-state index is 0.0668. The van der Waals surface area contributed by atoms with Crippen LogP contribution in [-0.2, 0) is 16.4 Å². The van der Waals surface area contributed by atoms with Crippen molar-refractivity contribution in [2.24, 2.45) is 0 Å². The van der Waals surface area contributed by atoms with Crippen LogP contribution in [0.25, 0.3) is 10.3 Å². The van der Waals surface area contributed by atoms with Gasteiger partial charge in [0.1, 0.15) is 16.1 Å². The van der Waals surface area contributed by atoms with Gasteiger partial charge >= 0.3 is 6.18 Å². The summed E-state index contributed by atoms with van der Waals surface area (Å²) in [5, 5.41) is 15.1. The average Bonchev–Trinajstić information content (AvgIpc) is 3.39. The van der Waals surface area contributed by atoms with Gasteiger partial charge in [-0.1, -0.05) is 23.5 Å². The Kier molecular flexibility index (Phi) is 9.06. The number of rotatable bonds is 8. The van der Waals surface area contributed by atoms with E-state index in [1.165, 1.54) is 6.07 Å². The molecule has 1 fully saturated rings. The van der Waals surface area contributed by atoms with E-state index in [1.807, 2.05) is 11.9 Å². The number of anilines is 2. The summed E-state index contributed by atoms with van der Waals surface area (Å²) in [5.41, 5.74) is -0.521. The highest BCUT2D eigenvalue weighted by molar-refractivity contribution is 7.21. The molecule has 234 valence electrons. The van der Waals surface area contributed by atoms with Crippen molar-refractivity contribution in [2.45, 2.75) is 25.4 Å². The first-order valence-electron chi connectivity index (χ1n) is 14.0. The molecule has 1 aliphatic heterocycles. The zero-order chi connectivity index (χ0) is 32.4. The van der Waals surface area contributed by atoms with Crippen LogP contribution in [0.2, 0.25) is 0 Å². The van der Waals surface area contributed by atoms with Crippen LogP contribution in [0.3, 0.4) is 0 Å². The van der Waals surface area contributed by atoms with E-state index in [0.29, 0.717) is 21.0 Å². The normalized spacial score (nSPS) is 14.6. The summed E-state index contributed by atoms with van der Waals surface area (Å²) in [4.78, 5) is 38.8. The van der Waals surface area contributed by atoms with Crippen molar-refractivity contribution in [2.75, 3.05) is 50.4 Å². The van der Waals surface area contributed by atoms with E-state index >= 15 is 0 Å². The molecular formula is C31H30F3N7O3S. The molecule has 3 heterocycles. The molecule has 2 amide bonds. The Bertz CT molecular complexity index is 1780. The van der Waals surface area contributed by atoms with Crippen molar-refractivity contribution in [3.8, 4) is 17.7 Å². The van der Waals surface area contributed by atoms with E-state index in [2.05, 4.69) is 31.6 Å². The van der Waals surface area contributed by atoms with Gasteiger partial charge in [-0.05, 0) is 56.8 Å². The van der Waals surface area contributed by atoms with Gasteiger partial charge < -0.3 is 20.3 Å². The minimum atomic E-state index is -4.75. The van der Waals surface area contributed by atoms with Gasteiger partial charge in [0.15, 0.2) is 5.13 Å². The number of carbonyl (C=O) groups excluding carboxylic acids is 2. The number of piperazine rings is 1. The van der Waals surface area contributed by atoms with Gasteiger partial charge in [0, 0.05) is 49.6 Å². The fraction of sp³-hybridized carbons (Fsp3) is 0.323. The number of amides is 2. The number of carbonyl (C=O) groups is 2. The predicted octanol–water partition coefficient (Wildman–Crippen LogP) is 5.74. The van der Waals surface area contributed by atoms with Crippen molar-refractivity contribution in [1.29, 1.82) is 5.26 Å². The van der Waals surface area contributed by atoms with Gasteiger partial charge in [-0.15, -0.1) is 0 Å². The summed E-state index contributed by atoms with van der Waals surface area (Å²) in [6, 6.07) is 14.6. The van der Waals surface area contributed by atoms with Crippen molar-refractivity contribution < 1.29 is 27.5 Å². The molecule has 45 heavy (non-hydrogen) atoms. The topological polar surface area (TPSA) is 123 Å². The lowest BCUT2D eigenvalue weighted by molar-refractivity contribution is -0.138. The first-order chi connectivity index (χ1) is 21.3. The molecule has 0 bridgehead atoms. The van der Waals surface area contributed by atoms with Crippen LogP contribution < -0.4 is 15.4 Å². The third-order valence-corrected chi connectivity index (χ3v) is 8.21. The van der Waals surface area contributed by atoms with Crippen LogP contribution in [0, 0.1) is 11.3 Å². The fourth-order valence-corrected chi connectivity index (χ4v) is 5.47. The summed E-state index contributed by atoms with van der Waals surface area (Å²) in [7, 11) is 2.03. The number of thiazole rings is 1. The Morgan fingerprint density at radius 1 is 1.02 bits per heavy atom. The summed E-state index contributed by atoms with van der Waals surface area (Å²) < 4.78 is 47.3. The van der Waals surface area contributed by atoms with Gasteiger partial charge in [0.25, 0.3) is 5.91 Å². The van der Waals surface area contributed by atoms with Crippen LogP contribution in [0.1, 0.15) is 35.3 Å². The largest absolute Gasteiger partial charge is 0.438 e. The summed E-state index contributed by atoms with van der Waals surface area (Å²) in [5.74, 6) is -1.47. The molecule has 2 aromatic heterocycles. The average molecular weight is 638 g/mol. The molecule has 1 saturated heterocycles. The second-order valence-electron chi connectivity index (χ2n) is 11.2. The maximum absolute atomic E-state index is 13.9. The third-order valence-electron chi connectivity index (χ3n) is 7.32. The second-order valence-corrected chi connectivity index (χ2v) is 12.2. The van der Waals surface area contributed by atoms with Crippen LogP contribution >= 0.6 is 11.3 Å². The molecule has 5 rings (SSSR count). The summed E-state index contributed by atoms with van der Waals surface area (Å²) in [6.45, 7) is 6.97. The molecule has 0 aliphatic carbocycles. The maximum Gasteiger partial charge on any atom is 0.419 e. The van der Waals surface area contributed by atoms with Gasteiger partial charge in [0.05, 0.1) is 23.6 Å². The number of nitrogens with one attached hydrogen (secondary N) is 2. The number of likely N-dealkylation sites (N-methyl/N-ethyl adjacent to an activating group) is 1. The Hall–Kier alpha value is -4.58. The highest BCUT2D eigenvalue weighted by Gasteiger charge is 2.35. The summed E-state index contributed by atoms with van der Waals surface area (Å²) >= 11 is 1.08. The molecule has 0 spiro atoms. The van der Waals surface area contributed by atoms with Crippen molar-refractivity contribution in [3.63, 3.8) is 0 Å². The Balaban J connectivity index is 1.32. The molecule has 14 heteroatoms. The van der Waals surface area contributed by atoms with Crippen molar-refractivity contribution in [3.05, 3.63) is 71.3 Å². The van der Waals surface area contributed by atoms with Crippen LogP contribution in [-0.4, -0.2) is 71.4 Å². The molecule has 0 atom stereocenters. The van der Waals surface area contributed by atoms with Crippen molar-refractivity contribution in [1.82, 2.24) is 19.8 Å². The van der Waals surface area contributed by atoms with E-state index < -0.39 is 28.8 Å². The Labute approximate surface area is 261 Å². The number of nitriles is 1. The number of hydrogen-bond acceptors (Lipinski definition) is 9. The standard InChI is InChI=1S/C31H30F3N7O3S/c1-30(2,18-35)20-6-4-5-19(15-20)27(43)36-21-7-8-22(31(32,33)34)24(16-21)44-26-10-9-23-28(39-26)45-29(37-23)38-25(42)17-41-13-11-40(3)12-14-41/h4-10,15-16H,11-14,17H2,1-3H3,(H,36,43)(H,37,38,42). The molecule has 2 aromatic carbocycles. The molecule has 1 aliphatic rings. The maximum atomic E-state index is 13.9. The monoisotopic (exact) mass is 637 g/mol. The molecule has 0 radical (unpaired) electrons. The van der Waals surface area contributed by atoms with Crippen LogP contribution in [0.15, 0.2) is 54.6 Å². The minimum Gasteiger partial charge on any atom is -0.438 e. The highest BCUT2D eigenvalue weighted by atomic mass is 32.1. The number of hydrogen-bond donors (Lipinski definition) is 2. The Morgan fingerprint density at radius 3 is 2.49 bits per heavy atom. The molecule has 10 nitrogen and oxygen atoms in total. The van der Waals surface area contributed by atoms with Crippen LogP contribution in [0.4, 0.5) is 24.0 Å². The zero-order valence-electron chi connectivity index (χ0n) is 24.7. The molecule has 0 unspecified atom stereocenters. The Morgan fingerprint density at radius 2 is 1.78 bits per heavy atom. The smallest absolute Gasteiger partial charge is 0.419 e. The van der Waals surface area contributed by atoms with E-state index in [4.69, 9.17) is 4.74 Å². The third kappa shape index (κ3) is 7.75. The number of nitrogens with zero attached hydrogens (tertiary/aromatic N) is 5. The predicted molar refractivity (Wildman–Crippen MR) is 165 cm³/mol. The van der Waals surface area contributed by atoms with Crippen LogP contribution in [0.5, 0.6) is 11.6 Å². The SMILES string of the molecule is CN1CCN(CC(=O)Nc2nc3ccc(Oc4cc(NC(=O)c5cccc(C(C)(C)C#N)c5)ccc4C(F)(F)F)nc3s2)CC1. The number of ether oxygens (including phenoxy) is 1. The number of fused-ring (bicyclic) bond motifs is 1. The molecule has 4 aromatic rings. The first kappa shape index (κ1) is 31.8. The summed E-state index contributed by atoms with van der Waals surface area (Å²) in [6.07, 6.45) is -4.75. The highest BCUT2D eigenvalue weighted by Crippen LogP contribution is 2.40. The van der Waals surface area contributed by atoms with E-state index in [-0.39, 0.29) is 29.6 Å². The number of alkyl halides is 3. The number of halogens is 3. The molecular weight excluding hydrogens is 607 g/mol. The zero-order valence-corrected chi connectivity index (χ0v) is 25.6. The van der Waals surface area contributed by atoms with Gasteiger partial charge in [-0.2, -0.15) is 18.4 Å². The first-order valence-corrected chi connectivity index (χ1v) is 14.8. The van der Waals surface area contributed by atoms with Gasteiger partial charge in [0.2, 0.25) is 11.8 Å². The lowest BCUT2D eigenvalue weighted by Crippen LogP contribution is -2.47. The van der Waals surface area contributed by atoms with E-state index in [0.717, 1.165) is 55.7 Å². The van der Waals surface area contributed by atoms with Crippen molar-refractivity contribution >= 4 is 44.3 Å². The van der Waals surface area contributed by atoms with E-state index in [1.54, 1.807) is 44.2 Å². The number of benzene rings is 2. The lowest BCUT2D eigenvalue weighted by atomic mass is 9.85. The molecule has 0 saturated carbocycles. The number of aromatic nitrogens is 2. The molecule has 2 N–H and O–H groups in total. The van der Waals surface area contributed by atoms with Gasteiger partial charge in [-0.3, -0.25) is 14.5 Å². The quantitative estimate of drug-likeness (QED) is 0.251. The second kappa shape index (κ2) is 12.8. The van der Waals surface area contributed by atoms with E-state index in [9.17, 15) is 28.0 Å². The fourth-order valence-electron chi connectivity index (χ4n) is 4.63.